The third-order valence-corrected chi connectivity index (χ3v) is 5.41. The first-order valence-corrected chi connectivity index (χ1v) is 8.74. The summed E-state index contributed by atoms with van der Waals surface area (Å²) in [5.74, 6) is 0.659. The number of methoxy groups -OCH3 is 1. The summed E-state index contributed by atoms with van der Waals surface area (Å²) in [5.41, 5.74) is 0.803. The monoisotopic (exact) mass is 334 g/mol. The van der Waals surface area contributed by atoms with Crippen molar-refractivity contribution < 1.29 is 9.84 Å². The summed E-state index contributed by atoms with van der Waals surface area (Å²) in [7, 11) is 1.49. The molecule has 1 unspecified atom stereocenters. The van der Waals surface area contributed by atoms with Crippen LogP contribution in [0.5, 0.6) is 5.75 Å². The molecule has 0 spiro atoms. The number of ether oxygens (including phenoxy) is 1. The predicted molar refractivity (Wildman–Crippen MR) is 90.9 cm³/mol. The molecule has 6 heteroatoms. The normalized spacial score (nSPS) is 18.0. The van der Waals surface area contributed by atoms with E-state index in [1.54, 1.807) is 23.6 Å². The molecule has 1 aliphatic rings. The Kier molecular flexibility index (Phi) is 5.15. The second kappa shape index (κ2) is 7.29. The molecule has 0 saturated carbocycles. The molecule has 3 heterocycles. The van der Waals surface area contributed by atoms with Gasteiger partial charge in [0.25, 0.3) is 0 Å². The Morgan fingerprint density at radius 3 is 2.87 bits per heavy atom. The van der Waals surface area contributed by atoms with Crippen LogP contribution in [0.3, 0.4) is 0 Å². The third kappa shape index (κ3) is 3.83. The number of aromatic amines is 1. The fraction of sp³-hybridized carbons (Fsp3) is 0.471. The zero-order chi connectivity index (χ0) is 16.2. The van der Waals surface area contributed by atoms with Crippen molar-refractivity contribution in [3.63, 3.8) is 0 Å². The number of aliphatic hydroxyl groups is 1. The summed E-state index contributed by atoms with van der Waals surface area (Å²) in [5, 5.41) is 12.4. The van der Waals surface area contributed by atoms with Crippen LogP contribution >= 0.6 is 11.3 Å². The Balaban J connectivity index is 1.55. The predicted octanol–water partition coefficient (Wildman–Crippen LogP) is 2.39. The molecule has 124 valence electrons. The van der Waals surface area contributed by atoms with Crippen molar-refractivity contribution in [2.75, 3.05) is 20.2 Å². The topological polar surface area (TPSA) is 65.6 Å². The summed E-state index contributed by atoms with van der Waals surface area (Å²) >= 11 is 1.62. The van der Waals surface area contributed by atoms with E-state index in [4.69, 9.17) is 4.74 Å². The summed E-state index contributed by atoms with van der Waals surface area (Å²) in [6.07, 6.45) is 3.21. The van der Waals surface area contributed by atoms with E-state index >= 15 is 0 Å². The lowest BCUT2D eigenvalue weighted by Crippen LogP contribution is -2.35. The number of likely N-dealkylation sites (tertiary alicyclic amines) is 1. The van der Waals surface area contributed by atoms with E-state index in [0.717, 1.165) is 43.0 Å². The number of nitrogens with zero attached hydrogens (tertiary/aromatic N) is 1. The van der Waals surface area contributed by atoms with Crippen molar-refractivity contribution in [2.24, 2.45) is 5.92 Å². The molecule has 0 bridgehead atoms. The SMILES string of the molecule is COc1c[nH]c(CN2CCC(C(O)c3cccs3)CC2)cc1=O. The second-order valence-corrected chi connectivity index (χ2v) is 6.94. The van der Waals surface area contributed by atoms with Gasteiger partial charge in [0.1, 0.15) is 0 Å². The van der Waals surface area contributed by atoms with E-state index < -0.39 is 0 Å². The van der Waals surface area contributed by atoms with Gasteiger partial charge in [0.05, 0.1) is 13.2 Å². The molecule has 3 rings (SSSR count). The van der Waals surface area contributed by atoms with Crippen LogP contribution in [0.15, 0.2) is 34.6 Å². The molecule has 0 radical (unpaired) electrons. The average Bonchev–Trinajstić information content (AvgIpc) is 3.09. The van der Waals surface area contributed by atoms with Gasteiger partial charge in [-0.1, -0.05) is 6.07 Å². The highest BCUT2D eigenvalue weighted by atomic mass is 32.1. The molecule has 0 aliphatic carbocycles. The standard InChI is InChI=1S/C17H22N2O3S/c1-22-15-10-18-13(9-14(15)20)11-19-6-4-12(5-7-19)17(21)16-3-2-8-23-16/h2-3,8-10,12,17,21H,4-7,11H2,1H3,(H,18,20). The van der Waals surface area contributed by atoms with Gasteiger partial charge in [-0.15, -0.1) is 11.3 Å². The highest BCUT2D eigenvalue weighted by Crippen LogP contribution is 2.33. The molecular weight excluding hydrogens is 312 g/mol. The highest BCUT2D eigenvalue weighted by Gasteiger charge is 2.26. The van der Waals surface area contributed by atoms with Crippen LogP contribution in [0, 0.1) is 5.92 Å². The number of pyridine rings is 1. The molecule has 2 aromatic rings. The van der Waals surface area contributed by atoms with Crippen LogP contribution in [-0.2, 0) is 6.54 Å². The quantitative estimate of drug-likeness (QED) is 0.881. The molecule has 1 fully saturated rings. The van der Waals surface area contributed by atoms with Gasteiger partial charge >= 0.3 is 0 Å². The molecule has 1 aliphatic heterocycles. The number of hydrogen-bond donors (Lipinski definition) is 2. The fourth-order valence-corrected chi connectivity index (χ4v) is 3.91. The van der Waals surface area contributed by atoms with E-state index in [2.05, 4.69) is 9.88 Å². The number of nitrogens with one attached hydrogen (secondary N) is 1. The molecule has 0 amide bonds. The van der Waals surface area contributed by atoms with E-state index in [1.807, 2.05) is 17.5 Å². The number of thiophene rings is 1. The van der Waals surface area contributed by atoms with Crippen LogP contribution in [0.1, 0.15) is 29.5 Å². The minimum atomic E-state index is -0.349. The first kappa shape index (κ1) is 16.2. The summed E-state index contributed by atoms with van der Waals surface area (Å²) in [6.45, 7) is 2.59. The van der Waals surface area contributed by atoms with Crippen LogP contribution < -0.4 is 10.2 Å². The summed E-state index contributed by atoms with van der Waals surface area (Å²) in [4.78, 5) is 18.3. The maximum Gasteiger partial charge on any atom is 0.223 e. The highest BCUT2D eigenvalue weighted by molar-refractivity contribution is 7.10. The van der Waals surface area contributed by atoms with E-state index in [1.165, 1.54) is 7.11 Å². The van der Waals surface area contributed by atoms with Crippen LogP contribution in [0.4, 0.5) is 0 Å². The van der Waals surface area contributed by atoms with Crippen molar-refractivity contribution >= 4 is 11.3 Å². The Bertz CT molecular complexity index is 675. The average molecular weight is 334 g/mol. The first-order chi connectivity index (χ1) is 11.2. The Morgan fingerprint density at radius 1 is 1.48 bits per heavy atom. The lowest BCUT2D eigenvalue weighted by atomic mass is 9.90. The first-order valence-electron chi connectivity index (χ1n) is 7.87. The van der Waals surface area contributed by atoms with Gasteiger partial charge < -0.3 is 14.8 Å². The lowest BCUT2D eigenvalue weighted by molar-refractivity contribution is 0.0587. The lowest BCUT2D eigenvalue weighted by Gasteiger charge is -2.33. The van der Waals surface area contributed by atoms with Gasteiger partial charge in [0, 0.05) is 29.4 Å². The minimum absolute atomic E-state index is 0.0933. The van der Waals surface area contributed by atoms with Gasteiger partial charge in [-0.2, -0.15) is 0 Å². The van der Waals surface area contributed by atoms with Gasteiger partial charge in [-0.05, 0) is 43.3 Å². The molecule has 2 aromatic heterocycles. The van der Waals surface area contributed by atoms with Gasteiger partial charge in [0.2, 0.25) is 5.43 Å². The fourth-order valence-electron chi connectivity index (χ4n) is 3.11. The Labute approximate surface area is 139 Å². The number of H-pyrrole nitrogens is 1. The van der Waals surface area contributed by atoms with Crippen molar-refractivity contribution in [2.45, 2.75) is 25.5 Å². The summed E-state index contributed by atoms with van der Waals surface area (Å²) < 4.78 is 4.98. The van der Waals surface area contributed by atoms with Crippen molar-refractivity contribution in [1.82, 2.24) is 9.88 Å². The molecule has 2 N–H and O–H groups in total. The van der Waals surface area contributed by atoms with E-state index in [9.17, 15) is 9.90 Å². The molecule has 23 heavy (non-hydrogen) atoms. The molecule has 5 nitrogen and oxygen atoms in total. The van der Waals surface area contributed by atoms with Gasteiger partial charge in [-0.25, -0.2) is 0 Å². The third-order valence-electron chi connectivity index (χ3n) is 4.46. The molecule has 1 saturated heterocycles. The van der Waals surface area contributed by atoms with E-state index in [0.29, 0.717) is 11.7 Å². The Morgan fingerprint density at radius 2 is 2.26 bits per heavy atom. The van der Waals surface area contributed by atoms with Gasteiger partial charge in [0.15, 0.2) is 5.75 Å². The van der Waals surface area contributed by atoms with E-state index in [-0.39, 0.29) is 11.5 Å². The number of piperidine rings is 1. The summed E-state index contributed by atoms with van der Waals surface area (Å²) in [6, 6.07) is 5.59. The van der Waals surface area contributed by atoms with Crippen LogP contribution in [0.2, 0.25) is 0 Å². The number of rotatable bonds is 5. The molecule has 0 aromatic carbocycles. The Hall–Kier alpha value is -1.63. The van der Waals surface area contributed by atoms with Crippen molar-refractivity contribution in [1.29, 1.82) is 0 Å². The number of aliphatic hydroxyl groups excluding tert-OH is 1. The number of hydrogen-bond acceptors (Lipinski definition) is 5. The smallest absolute Gasteiger partial charge is 0.223 e. The number of aromatic nitrogens is 1. The minimum Gasteiger partial charge on any atom is -0.491 e. The molecular formula is C17H22N2O3S. The maximum absolute atomic E-state index is 11.8. The van der Waals surface area contributed by atoms with Crippen LogP contribution in [-0.4, -0.2) is 35.2 Å². The van der Waals surface area contributed by atoms with Gasteiger partial charge in [-0.3, -0.25) is 9.69 Å². The molecule has 1 atom stereocenters. The zero-order valence-corrected chi connectivity index (χ0v) is 14.0. The second-order valence-electron chi connectivity index (χ2n) is 5.96. The van der Waals surface area contributed by atoms with Crippen molar-refractivity contribution in [3.05, 3.63) is 50.6 Å². The van der Waals surface area contributed by atoms with Crippen molar-refractivity contribution in [3.8, 4) is 5.75 Å². The zero-order valence-electron chi connectivity index (χ0n) is 13.2. The largest absolute Gasteiger partial charge is 0.491 e. The van der Waals surface area contributed by atoms with Crippen LogP contribution in [0.25, 0.3) is 0 Å². The maximum atomic E-state index is 11.8.